The Morgan fingerprint density at radius 2 is 1.82 bits per heavy atom. The quantitative estimate of drug-likeness (QED) is 0.437. The van der Waals surface area contributed by atoms with Crippen LogP contribution < -0.4 is 0 Å². The molecule has 0 heterocycles. The van der Waals surface area contributed by atoms with E-state index in [1.165, 1.54) is 25.7 Å². The number of hydrogen-bond donors (Lipinski definition) is 0. The molecule has 98 valence electrons. The third-order valence-corrected chi connectivity index (χ3v) is 12.4. The van der Waals surface area contributed by atoms with Crippen LogP contribution in [0.3, 0.4) is 0 Å². The van der Waals surface area contributed by atoms with Crippen molar-refractivity contribution in [2.45, 2.75) is 51.4 Å². The number of carbonyl (C=O) groups excluding carboxylic acids is 1. The molecule has 0 unspecified atom stereocenters. The number of carbonyl (C=O) groups is 1. The first-order chi connectivity index (χ1) is 7.93. The van der Waals surface area contributed by atoms with E-state index < -0.39 is 18.4 Å². The summed E-state index contributed by atoms with van der Waals surface area (Å²) in [6, 6.07) is 0. The van der Waals surface area contributed by atoms with Gasteiger partial charge in [-0.25, -0.2) is 0 Å². The predicted molar refractivity (Wildman–Crippen MR) is 74.8 cm³/mol. The summed E-state index contributed by atoms with van der Waals surface area (Å²) in [5, 5.41) is 0. The Bertz CT molecular complexity index is 270. The number of hydrogen-bond acceptors (Lipinski definition) is 2. The van der Waals surface area contributed by atoms with Gasteiger partial charge < -0.3 is 0 Å². The molecular weight excluding hydrogens is 319 g/mol. The van der Waals surface area contributed by atoms with E-state index in [1.807, 2.05) is 6.92 Å². The SMILES string of the molecule is CCOC(=O)/C=C/C1CC[CH]([Sn]([CH3])([CH3])[CH3])CC1. The predicted octanol–water partition coefficient (Wildman–Crippen LogP) is 4.00. The summed E-state index contributed by atoms with van der Waals surface area (Å²) in [6.07, 6.45) is 8.94. The summed E-state index contributed by atoms with van der Waals surface area (Å²) in [7, 11) is 0. The zero-order valence-electron chi connectivity index (χ0n) is 11.7. The van der Waals surface area contributed by atoms with E-state index >= 15 is 0 Å². The van der Waals surface area contributed by atoms with Gasteiger partial charge in [-0.1, -0.05) is 0 Å². The van der Waals surface area contributed by atoms with Crippen LogP contribution in [-0.2, 0) is 9.53 Å². The Morgan fingerprint density at radius 1 is 1.24 bits per heavy atom. The van der Waals surface area contributed by atoms with Crippen molar-refractivity contribution in [3.63, 3.8) is 0 Å². The molecule has 1 fully saturated rings. The first-order valence-corrected chi connectivity index (χ1v) is 17.0. The molecule has 0 aromatic rings. The van der Waals surface area contributed by atoms with Crippen molar-refractivity contribution in [3.05, 3.63) is 12.2 Å². The molecule has 17 heavy (non-hydrogen) atoms. The molecule has 1 aliphatic rings. The fourth-order valence-electron chi connectivity index (χ4n) is 2.58. The summed E-state index contributed by atoms with van der Waals surface area (Å²) in [5.41, 5.74) is 0. The average Bonchev–Trinajstić information content (AvgIpc) is 2.26. The van der Waals surface area contributed by atoms with Crippen LogP contribution in [0.2, 0.25) is 18.8 Å². The first kappa shape index (κ1) is 15.1. The Morgan fingerprint density at radius 3 is 2.29 bits per heavy atom. The third kappa shape index (κ3) is 5.45. The van der Waals surface area contributed by atoms with Gasteiger partial charge in [-0.05, 0) is 0 Å². The van der Waals surface area contributed by atoms with Gasteiger partial charge in [0.25, 0.3) is 0 Å². The molecule has 1 aliphatic carbocycles. The third-order valence-electron chi connectivity index (χ3n) is 3.79. The molecule has 0 bridgehead atoms. The van der Waals surface area contributed by atoms with Crippen LogP contribution in [0, 0.1) is 5.92 Å². The van der Waals surface area contributed by atoms with Crippen molar-refractivity contribution in [2.75, 3.05) is 6.61 Å². The number of esters is 1. The molecular formula is C14H26O2Sn. The molecule has 0 spiro atoms. The monoisotopic (exact) mass is 346 g/mol. The van der Waals surface area contributed by atoms with Gasteiger partial charge in [-0.15, -0.1) is 0 Å². The maximum absolute atomic E-state index is 11.2. The summed E-state index contributed by atoms with van der Waals surface area (Å²) in [6.45, 7) is 2.31. The average molecular weight is 345 g/mol. The molecule has 0 aromatic carbocycles. The topological polar surface area (TPSA) is 26.3 Å². The molecule has 3 heteroatoms. The standard InChI is InChI=1S/C11H17O2.3CH3.Sn/c1-2-13-11(12)9-8-10-6-4-3-5-7-10;;;;/h3,8-10H,2,4-7H2,1H3;3*1H3;/b9-8+;;;;. The molecule has 0 atom stereocenters. The molecule has 0 saturated heterocycles. The van der Waals surface area contributed by atoms with Gasteiger partial charge in [0.1, 0.15) is 0 Å². The van der Waals surface area contributed by atoms with Crippen LogP contribution in [0.5, 0.6) is 0 Å². The zero-order chi connectivity index (χ0) is 12.9. The second-order valence-corrected chi connectivity index (χ2v) is 21.9. The van der Waals surface area contributed by atoms with Gasteiger partial charge in [0, 0.05) is 0 Å². The van der Waals surface area contributed by atoms with Gasteiger partial charge in [-0.3, -0.25) is 0 Å². The van der Waals surface area contributed by atoms with Crippen LogP contribution in [0.15, 0.2) is 12.2 Å². The van der Waals surface area contributed by atoms with Gasteiger partial charge in [0.2, 0.25) is 0 Å². The second-order valence-electron chi connectivity index (χ2n) is 6.09. The summed E-state index contributed by atoms with van der Waals surface area (Å²) >= 11 is -1.67. The Kier molecular flexibility index (Phi) is 6.04. The van der Waals surface area contributed by atoms with Crippen molar-refractivity contribution >= 4 is 24.3 Å². The van der Waals surface area contributed by atoms with Crippen molar-refractivity contribution in [2.24, 2.45) is 5.92 Å². The fraction of sp³-hybridized carbons (Fsp3) is 0.786. The van der Waals surface area contributed by atoms with E-state index in [-0.39, 0.29) is 5.97 Å². The molecule has 1 rings (SSSR count). The van der Waals surface area contributed by atoms with E-state index in [4.69, 9.17) is 4.74 Å². The van der Waals surface area contributed by atoms with Crippen molar-refractivity contribution in [1.82, 2.24) is 0 Å². The van der Waals surface area contributed by atoms with Crippen molar-refractivity contribution in [3.8, 4) is 0 Å². The van der Waals surface area contributed by atoms with E-state index in [0.717, 1.165) is 3.93 Å². The van der Waals surface area contributed by atoms with Gasteiger partial charge >= 0.3 is 110 Å². The Hall–Kier alpha value is 0.00870. The summed E-state index contributed by atoms with van der Waals surface area (Å²) in [4.78, 5) is 18.8. The normalized spacial score (nSPS) is 26.1. The van der Waals surface area contributed by atoms with Gasteiger partial charge in [-0.2, -0.15) is 0 Å². The van der Waals surface area contributed by atoms with Crippen LogP contribution in [-0.4, -0.2) is 31.0 Å². The first-order valence-electron chi connectivity index (χ1n) is 6.78. The fourth-order valence-corrected chi connectivity index (χ4v) is 8.48. The molecule has 0 aromatic heterocycles. The minimum absolute atomic E-state index is 0.190. The molecule has 0 radical (unpaired) electrons. The van der Waals surface area contributed by atoms with Crippen LogP contribution in [0.4, 0.5) is 0 Å². The van der Waals surface area contributed by atoms with Crippen molar-refractivity contribution < 1.29 is 9.53 Å². The summed E-state index contributed by atoms with van der Waals surface area (Å²) < 4.78 is 5.93. The van der Waals surface area contributed by atoms with Crippen molar-refractivity contribution in [1.29, 1.82) is 0 Å². The van der Waals surface area contributed by atoms with Crippen LogP contribution >= 0.6 is 0 Å². The zero-order valence-corrected chi connectivity index (χ0v) is 14.5. The molecule has 0 aliphatic heterocycles. The summed E-state index contributed by atoms with van der Waals surface area (Å²) in [5.74, 6) is 0.411. The minimum atomic E-state index is -1.67. The van der Waals surface area contributed by atoms with Crippen LogP contribution in [0.25, 0.3) is 0 Å². The van der Waals surface area contributed by atoms with E-state index in [2.05, 4.69) is 20.9 Å². The maximum atomic E-state index is 11.2. The Balaban J connectivity index is 2.35. The van der Waals surface area contributed by atoms with Gasteiger partial charge in [0.15, 0.2) is 0 Å². The number of ether oxygens (including phenoxy) is 1. The second kappa shape index (κ2) is 6.81. The molecule has 1 saturated carbocycles. The van der Waals surface area contributed by atoms with Crippen LogP contribution in [0.1, 0.15) is 32.6 Å². The molecule has 0 N–H and O–H groups in total. The van der Waals surface area contributed by atoms with E-state index in [9.17, 15) is 4.79 Å². The van der Waals surface area contributed by atoms with E-state index in [0.29, 0.717) is 12.5 Å². The van der Waals surface area contributed by atoms with E-state index in [1.54, 1.807) is 6.08 Å². The number of rotatable bonds is 4. The van der Waals surface area contributed by atoms with Gasteiger partial charge in [0.05, 0.1) is 0 Å². The molecule has 2 nitrogen and oxygen atoms in total. The number of allylic oxidation sites excluding steroid dienone is 1. The Labute approximate surface area is 110 Å². The molecule has 0 amide bonds.